The number of hydrogen-bond donors (Lipinski definition) is 0. The molecule has 4 nitrogen and oxygen atoms in total. The first-order valence-electron chi connectivity index (χ1n) is 13.4. The lowest BCUT2D eigenvalue weighted by Crippen LogP contribution is -2.20. The van der Waals surface area contributed by atoms with Gasteiger partial charge in [0.15, 0.2) is 11.6 Å². The third-order valence-corrected chi connectivity index (χ3v) is 6.72. The molecule has 188 valence electrons. The van der Waals surface area contributed by atoms with Crippen LogP contribution in [0, 0.1) is 0 Å². The van der Waals surface area contributed by atoms with E-state index in [-0.39, 0.29) is 11.6 Å². The van der Waals surface area contributed by atoms with Crippen molar-refractivity contribution >= 4 is 23.1 Å². The van der Waals surface area contributed by atoms with E-state index in [1.165, 1.54) is 12.8 Å². The minimum atomic E-state index is -0.162. The second-order valence-electron chi connectivity index (χ2n) is 9.41. The summed E-state index contributed by atoms with van der Waals surface area (Å²) in [4.78, 5) is 27.2. The summed E-state index contributed by atoms with van der Waals surface area (Å²) in [6, 6.07) is 14.9. The highest BCUT2D eigenvalue weighted by Gasteiger charge is 2.32. The SMILES string of the molecule is CCCCCCOC1=CC(=C2C=C(OCCCCCC)c3ccccc3C2=O)C(=O)c2ccccc21. The number of allylic oxidation sites excluding steroid dienone is 4. The number of carbonyl (C=O) groups excluding carboxylic acids is 2. The van der Waals surface area contributed by atoms with Crippen molar-refractivity contribution in [2.75, 3.05) is 13.2 Å². The maximum atomic E-state index is 13.6. The maximum absolute atomic E-state index is 13.6. The number of ketones is 2. The third kappa shape index (κ3) is 5.70. The Hall–Kier alpha value is -3.40. The Labute approximate surface area is 214 Å². The molecule has 36 heavy (non-hydrogen) atoms. The van der Waals surface area contributed by atoms with Crippen molar-refractivity contribution in [1.29, 1.82) is 0 Å². The number of unbranched alkanes of at least 4 members (excludes halogenated alkanes) is 6. The molecule has 0 aliphatic heterocycles. The van der Waals surface area contributed by atoms with Crippen LogP contribution in [0.15, 0.2) is 71.8 Å². The average molecular weight is 485 g/mol. The van der Waals surface area contributed by atoms with Crippen molar-refractivity contribution in [1.82, 2.24) is 0 Å². The summed E-state index contributed by atoms with van der Waals surface area (Å²) in [5.74, 6) is 0.966. The molecule has 0 unspecified atom stereocenters. The zero-order valence-corrected chi connectivity index (χ0v) is 21.5. The van der Waals surface area contributed by atoms with E-state index in [1.54, 1.807) is 12.2 Å². The van der Waals surface area contributed by atoms with Crippen LogP contribution < -0.4 is 0 Å². The van der Waals surface area contributed by atoms with Crippen molar-refractivity contribution in [3.63, 3.8) is 0 Å². The van der Waals surface area contributed by atoms with Crippen LogP contribution in [0.2, 0.25) is 0 Å². The van der Waals surface area contributed by atoms with E-state index >= 15 is 0 Å². The highest BCUT2D eigenvalue weighted by Crippen LogP contribution is 2.36. The molecule has 2 aromatic rings. The monoisotopic (exact) mass is 484 g/mol. The second kappa shape index (κ2) is 12.5. The fourth-order valence-corrected chi connectivity index (χ4v) is 4.69. The van der Waals surface area contributed by atoms with Gasteiger partial charge in [-0.05, 0) is 25.0 Å². The summed E-state index contributed by atoms with van der Waals surface area (Å²) in [6.45, 7) is 5.52. The zero-order chi connectivity index (χ0) is 25.3. The van der Waals surface area contributed by atoms with Crippen molar-refractivity contribution in [2.45, 2.75) is 65.2 Å². The highest BCUT2D eigenvalue weighted by atomic mass is 16.5. The topological polar surface area (TPSA) is 52.6 Å². The first-order valence-corrected chi connectivity index (χ1v) is 13.4. The van der Waals surface area contributed by atoms with Crippen LogP contribution in [0.25, 0.3) is 11.5 Å². The Kier molecular flexibility index (Phi) is 8.94. The van der Waals surface area contributed by atoms with E-state index in [9.17, 15) is 9.59 Å². The Bertz CT molecular complexity index is 1100. The van der Waals surface area contributed by atoms with Gasteiger partial charge in [0.2, 0.25) is 0 Å². The number of rotatable bonds is 12. The molecule has 0 bridgehead atoms. The lowest BCUT2D eigenvalue weighted by atomic mass is 9.83. The van der Waals surface area contributed by atoms with Gasteiger partial charge >= 0.3 is 0 Å². The summed E-state index contributed by atoms with van der Waals surface area (Å²) in [6.07, 6.45) is 12.3. The minimum absolute atomic E-state index is 0.162. The number of Topliss-reactive ketones (excluding diaryl/α,β-unsaturated/α-hetero) is 2. The van der Waals surface area contributed by atoms with Crippen molar-refractivity contribution in [2.24, 2.45) is 0 Å². The van der Waals surface area contributed by atoms with Crippen molar-refractivity contribution in [3.05, 3.63) is 94.1 Å². The third-order valence-electron chi connectivity index (χ3n) is 6.72. The molecule has 0 fully saturated rings. The van der Waals surface area contributed by atoms with Crippen LogP contribution in [0.5, 0.6) is 0 Å². The molecule has 0 saturated carbocycles. The quantitative estimate of drug-likeness (QED) is 0.227. The molecule has 2 aliphatic carbocycles. The molecule has 0 heterocycles. The number of fused-ring (bicyclic) bond motifs is 2. The van der Waals surface area contributed by atoms with Crippen LogP contribution in [0.4, 0.5) is 0 Å². The van der Waals surface area contributed by atoms with Crippen LogP contribution in [0.3, 0.4) is 0 Å². The predicted molar refractivity (Wildman–Crippen MR) is 145 cm³/mol. The summed E-state index contributed by atoms with van der Waals surface area (Å²) in [7, 11) is 0. The summed E-state index contributed by atoms with van der Waals surface area (Å²) in [5.41, 5.74) is 3.42. The lowest BCUT2D eigenvalue weighted by Gasteiger charge is -2.24. The molecule has 0 amide bonds. The molecule has 2 aliphatic rings. The fraction of sp³-hybridized carbons (Fsp3) is 0.375. The van der Waals surface area contributed by atoms with Gasteiger partial charge in [-0.15, -0.1) is 0 Å². The average Bonchev–Trinajstić information content (AvgIpc) is 2.91. The smallest absolute Gasteiger partial charge is 0.194 e. The van der Waals surface area contributed by atoms with Crippen LogP contribution in [-0.2, 0) is 9.47 Å². The molecule has 2 aromatic carbocycles. The number of ether oxygens (including phenoxy) is 2. The zero-order valence-electron chi connectivity index (χ0n) is 21.5. The van der Waals surface area contributed by atoms with E-state index in [2.05, 4.69) is 13.8 Å². The van der Waals surface area contributed by atoms with Gasteiger partial charge in [0.05, 0.1) is 13.2 Å². The molecule has 0 radical (unpaired) electrons. The summed E-state index contributed by atoms with van der Waals surface area (Å²) >= 11 is 0. The van der Waals surface area contributed by atoms with Gasteiger partial charge < -0.3 is 9.47 Å². The Morgan fingerprint density at radius 3 is 1.31 bits per heavy atom. The van der Waals surface area contributed by atoms with Gasteiger partial charge in [-0.25, -0.2) is 0 Å². The Morgan fingerprint density at radius 1 is 0.528 bits per heavy atom. The molecule has 4 heteroatoms. The lowest BCUT2D eigenvalue weighted by molar-refractivity contribution is 0.100. The Morgan fingerprint density at radius 2 is 0.917 bits per heavy atom. The fourth-order valence-electron chi connectivity index (χ4n) is 4.69. The normalized spacial score (nSPS) is 16.7. The van der Waals surface area contributed by atoms with E-state index in [1.807, 2.05) is 48.5 Å². The van der Waals surface area contributed by atoms with E-state index in [4.69, 9.17) is 9.47 Å². The Balaban J connectivity index is 1.71. The largest absolute Gasteiger partial charge is 0.493 e. The standard InChI is InChI=1S/C32H36O4/c1-3-5-7-13-19-35-29-21-27(31(33)25-17-11-9-15-23(25)29)28-22-30(36-20-14-8-6-4-2)24-16-10-12-18-26(24)32(28)34/h9-12,15-18,21-22H,3-8,13-14,19-20H2,1-2H3. The van der Waals surface area contributed by atoms with Gasteiger partial charge in [-0.1, -0.05) is 101 Å². The molecule has 4 rings (SSSR count). The minimum Gasteiger partial charge on any atom is -0.493 e. The van der Waals surface area contributed by atoms with Gasteiger partial charge in [-0.3, -0.25) is 9.59 Å². The predicted octanol–water partition coefficient (Wildman–Crippen LogP) is 7.95. The maximum Gasteiger partial charge on any atom is 0.194 e. The molecule has 0 spiro atoms. The van der Waals surface area contributed by atoms with Crippen LogP contribution in [-0.4, -0.2) is 24.8 Å². The van der Waals surface area contributed by atoms with E-state index < -0.39 is 0 Å². The van der Waals surface area contributed by atoms with Gasteiger partial charge in [0, 0.05) is 33.4 Å². The van der Waals surface area contributed by atoms with Gasteiger partial charge in [0.1, 0.15) is 11.5 Å². The van der Waals surface area contributed by atoms with Crippen LogP contribution >= 0.6 is 0 Å². The first-order chi connectivity index (χ1) is 17.7. The molecule has 0 aromatic heterocycles. The van der Waals surface area contributed by atoms with Crippen molar-refractivity contribution < 1.29 is 19.1 Å². The molecule has 0 saturated heterocycles. The number of benzene rings is 2. The van der Waals surface area contributed by atoms with E-state index in [0.29, 0.717) is 47.0 Å². The number of hydrogen-bond acceptors (Lipinski definition) is 4. The van der Waals surface area contributed by atoms with Gasteiger partial charge in [-0.2, -0.15) is 0 Å². The second-order valence-corrected chi connectivity index (χ2v) is 9.41. The summed E-state index contributed by atoms with van der Waals surface area (Å²) in [5, 5.41) is 0. The highest BCUT2D eigenvalue weighted by molar-refractivity contribution is 6.25. The molecule has 0 N–H and O–H groups in total. The number of carbonyl (C=O) groups is 2. The molecule has 0 atom stereocenters. The first kappa shape index (κ1) is 25.7. The van der Waals surface area contributed by atoms with E-state index in [0.717, 1.165) is 49.7 Å². The summed E-state index contributed by atoms with van der Waals surface area (Å²) < 4.78 is 12.3. The van der Waals surface area contributed by atoms with Crippen LogP contribution in [0.1, 0.15) is 97.1 Å². The molecular weight excluding hydrogens is 448 g/mol. The molecular formula is C32H36O4. The van der Waals surface area contributed by atoms with Crippen molar-refractivity contribution in [3.8, 4) is 0 Å². The van der Waals surface area contributed by atoms with Gasteiger partial charge in [0.25, 0.3) is 0 Å².